The zero-order chi connectivity index (χ0) is 16.4. The smallest absolute Gasteiger partial charge is 0.118 e. The number of hydrogen-bond donors (Lipinski definition) is 0. The van der Waals surface area contributed by atoms with Gasteiger partial charge in [-0.3, -0.25) is 0 Å². The molecule has 0 aromatic rings. The molecule has 0 N–H and O–H groups in total. The molecule has 130 valence electrons. The van der Waals surface area contributed by atoms with E-state index in [9.17, 15) is 9.11 Å². The van der Waals surface area contributed by atoms with E-state index >= 15 is 0 Å². The van der Waals surface area contributed by atoms with Gasteiger partial charge in [-0.05, 0) is 69.0 Å². The SMILES string of the molecule is CC(C)C1CC(CC(C)C2CC[C@H](C)[S+]([O-])C2)C[C@H](C)[S+]1[O-]. The van der Waals surface area contributed by atoms with Gasteiger partial charge in [0.15, 0.2) is 0 Å². The second-order valence-corrected chi connectivity index (χ2v) is 12.1. The minimum atomic E-state index is -0.652. The normalized spacial score (nSPS) is 45.0. The molecule has 8 atom stereocenters. The average Bonchev–Trinajstić information content (AvgIpc) is 2.45. The summed E-state index contributed by atoms with van der Waals surface area (Å²) in [6.07, 6.45) is 5.86. The Kier molecular flexibility index (Phi) is 7.01. The van der Waals surface area contributed by atoms with Gasteiger partial charge in [0.25, 0.3) is 0 Å². The van der Waals surface area contributed by atoms with E-state index in [1.54, 1.807) is 0 Å². The van der Waals surface area contributed by atoms with Crippen molar-refractivity contribution in [1.82, 2.24) is 0 Å². The molecule has 0 amide bonds. The van der Waals surface area contributed by atoms with Crippen molar-refractivity contribution >= 4 is 22.4 Å². The first kappa shape index (κ1) is 19.0. The molecule has 0 bridgehead atoms. The van der Waals surface area contributed by atoms with E-state index in [-0.39, 0.29) is 0 Å². The molecule has 2 aliphatic rings. The van der Waals surface area contributed by atoms with Crippen LogP contribution in [-0.2, 0) is 22.4 Å². The highest BCUT2D eigenvalue weighted by atomic mass is 32.2. The molecular weight excluding hydrogens is 312 g/mol. The van der Waals surface area contributed by atoms with Crippen LogP contribution >= 0.6 is 0 Å². The minimum Gasteiger partial charge on any atom is -0.616 e. The standard InChI is InChI=1S/C18H34O2S2/c1-12(2)18-10-16(9-15(5)22(18)20)8-13(3)17-7-6-14(4)21(19)11-17/h12-18H,6-11H2,1-5H3/t13?,14-,15-,16?,17?,18?,21?,22?/m0/s1. The maximum Gasteiger partial charge on any atom is 0.118 e. The Balaban J connectivity index is 1.89. The zero-order valence-electron chi connectivity index (χ0n) is 14.9. The Morgan fingerprint density at radius 2 is 1.68 bits per heavy atom. The summed E-state index contributed by atoms with van der Waals surface area (Å²) < 4.78 is 24.6. The van der Waals surface area contributed by atoms with Crippen molar-refractivity contribution in [2.45, 2.75) is 82.5 Å². The Morgan fingerprint density at radius 3 is 2.27 bits per heavy atom. The van der Waals surface area contributed by atoms with E-state index in [1.165, 1.54) is 12.8 Å². The largest absolute Gasteiger partial charge is 0.616 e. The molecule has 0 saturated carbocycles. The summed E-state index contributed by atoms with van der Waals surface area (Å²) in [6.45, 7) is 11.1. The summed E-state index contributed by atoms with van der Waals surface area (Å²) in [6, 6.07) is 0. The van der Waals surface area contributed by atoms with Crippen LogP contribution in [0.5, 0.6) is 0 Å². The predicted octanol–water partition coefficient (Wildman–Crippen LogP) is 4.13. The van der Waals surface area contributed by atoms with Crippen molar-refractivity contribution in [3.63, 3.8) is 0 Å². The van der Waals surface area contributed by atoms with E-state index in [2.05, 4.69) is 34.6 Å². The van der Waals surface area contributed by atoms with Gasteiger partial charge >= 0.3 is 0 Å². The van der Waals surface area contributed by atoms with E-state index in [0.717, 1.165) is 25.0 Å². The first-order valence-corrected chi connectivity index (χ1v) is 11.7. The van der Waals surface area contributed by atoms with Crippen LogP contribution in [0.4, 0.5) is 0 Å². The fourth-order valence-corrected chi connectivity index (χ4v) is 8.02. The Hall–Kier alpha value is 0.620. The lowest BCUT2D eigenvalue weighted by atomic mass is 9.79. The van der Waals surface area contributed by atoms with Gasteiger partial charge in [-0.15, -0.1) is 0 Å². The Morgan fingerprint density at radius 1 is 1.00 bits per heavy atom. The fourth-order valence-electron chi connectivity index (χ4n) is 4.32. The molecule has 0 aliphatic carbocycles. The van der Waals surface area contributed by atoms with Crippen molar-refractivity contribution in [2.75, 3.05) is 5.75 Å². The van der Waals surface area contributed by atoms with Crippen LogP contribution < -0.4 is 0 Å². The molecule has 0 aromatic heterocycles. The van der Waals surface area contributed by atoms with Crippen LogP contribution in [0, 0.1) is 23.7 Å². The quantitative estimate of drug-likeness (QED) is 0.718. The van der Waals surface area contributed by atoms with Crippen molar-refractivity contribution in [3.8, 4) is 0 Å². The van der Waals surface area contributed by atoms with Gasteiger partial charge in [0.2, 0.25) is 0 Å². The van der Waals surface area contributed by atoms with Crippen LogP contribution in [0.3, 0.4) is 0 Å². The Bertz CT molecular complexity index is 350. The molecule has 2 fully saturated rings. The first-order chi connectivity index (χ1) is 10.3. The molecule has 22 heavy (non-hydrogen) atoms. The monoisotopic (exact) mass is 346 g/mol. The maximum atomic E-state index is 12.4. The molecular formula is C18H34O2S2. The van der Waals surface area contributed by atoms with Crippen molar-refractivity contribution < 1.29 is 9.11 Å². The molecule has 2 nitrogen and oxygen atoms in total. The third-order valence-electron chi connectivity index (χ3n) is 5.95. The van der Waals surface area contributed by atoms with Crippen LogP contribution in [0.25, 0.3) is 0 Å². The van der Waals surface area contributed by atoms with Gasteiger partial charge in [0.05, 0.1) is 0 Å². The average molecular weight is 347 g/mol. The minimum absolute atomic E-state index is 0.346. The molecule has 0 spiro atoms. The van der Waals surface area contributed by atoms with Gasteiger partial charge in [-0.1, -0.05) is 31.9 Å². The molecule has 4 heteroatoms. The highest BCUT2D eigenvalue weighted by Crippen LogP contribution is 2.40. The first-order valence-electron chi connectivity index (χ1n) is 9.06. The van der Waals surface area contributed by atoms with Gasteiger partial charge in [0.1, 0.15) is 21.5 Å². The third kappa shape index (κ3) is 4.58. The summed E-state index contributed by atoms with van der Waals surface area (Å²) in [4.78, 5) is 0. The highest BCUT2D eigenvalue weighted by Gasteiger charge is 2.41. The van der Waals surface area contributed by atoms with E-state index in [0.29, 0.717) is 39.4 Å². The summed E-state index contributed by atoms with van der Waals surface area (Å²) in [7, 11) is 0. The lowest BCUT2D eigenvalue weighted by Gasteiger charge is -2.40. The van der Waals surface area contributed by atoms with E-state index in [1.807, 2.05) is 0 Å². The topological polar surface area (TPSA) is 46.1 Å². The molecule has 2 saturated heterocycles. The zero-order valence-corrected chi connectivity index (χ0v) is 16.6. The van der Waals surface area contributed by atoms with Gasteiger partial charge in [-0.2, -0.15) is 0 Å². The summed E-state index contributed by atoms with van der Waals surface area (Å²) in [5.41, 5.74) is 0. The van der Waals surface area contributed by atoms with Gasteiger partial charge < -0.3 is 9.11 Å². The van der Waals surface area contributed by atoms with Gasteiger partial charge in [0, 0.05) is 11.8 Å². The van der Waals surface area contributed by atoms with Crippen LogP contribution in [0.1, 0.15) is 66.7 Å². The molecule has 0 radical (unpaired) electrons. The maximum absolute atomic E-state index is 12.4. The lowest BCUT2D eigenvalue weighted by molar-refractivity contribution is 0.247. The highest BCUT2D eigenvalue weighted by molar-refractivity contribution is 7.92. The molecule has 2 heterocycles. The second kappa shape index (κ2) is 8.13. The van der Waals surface area contributed by atoms with E-state index < -0.39 is 22.4 Å². The molecule has 2 rings (SSSR count). The summed E-state index contributed by atoms with van der Waals surface area (Å²) in [5, 5.41) is 1.12. The molecule has 6 unspecified atom stereocenters. The Labute approximate surface area is 143 Å². The predicted molar refractivity (Wildman–Crippen MR) is 97.9 cm³/mol. The van der Waals surface area contributed by atoms with Crippen LogP contribution in [-0.4, -0.2) is 30.6 Å². The summed E-state index contributed by atoms with van der Waals surface area (Å²) in [5.74, 6) is 3.43. The van der Waals surface area contributed by atoms with Gasteiger partial charge in [-0.25, -0.2) is 0 Å². The van der Waals surface area contributed by atoms with Crippen LogP contribution in [0.15, 0.2) is 0 Å². The number of hydrogen-bond acceptors (Lipinski definition) is 2. The third-order valence-corrected chi connectivity index (χ3v) is 10.2. The second-order valence-electron chi connectivity index (χ2n) is 8.17. The van der Waals surface area contributed by atoms with Crippen molar-refractivity contribution in [3.05, 3.63) is 0 Å². The van der Waals surface area contributed by atoms with E-state index in [4.69, 9.17) is 0 Å². The fraction of sp³-hybridized carbons (Fsp3) is 1.00. The molecule has 2 aliphatic heterocycles. The van der Waals surface area contributed by atoms with Crippen molar-refractivity contribution in [2.24, 2.45) is 23.7 Å². The number of rotatable bonds is 4. The van der Waals surface area contributed by atoms with Crippen LogP contribution in [0.2, 0.25) is 0 Å². The molecule has 0 aromatic carbocycles. The van der Waals surface area contributed by atoms with Crippen molar-refractivity contribution in [1.29, 1.82) is 0 Å². The summed E-state index contributed by atoms with van der Waals surface area (Å²) >= 11 is -1.27. The lowest BCUT2D eigenvalue weighted by Crippen LogP contribution is -2.42.